The maximum absolute atomic E-state index is 12.1. The van der Waals surface area contributed by atoms with Gasteiger partial charge in [0.2, 0.25) is 5.91 Å². The highest BCUT2D eigenvalue weighted by molar-refractivity contribution is 5.85. The SMILES string of the molecule is Cn1ccc(CNC(=O)[C@@H]2CC=CC[C@@H]2C(=O)O)c1. The van der Waals surface area contributed by atoms with Crippen molar-refractivity contribution in [3.8, 4) is 0 Å². The molecule has 0 bridgehead atoms. The second-order valence-electron chi connectivity index (χ2n) is 4.90. The quantitative estimate of drug-likeness (QED) is 0.804. The molecule has 1 amide bonds. The number of nitrogens with zero attached hydrogens (tertiary/aromatic N) is 1. The number of aryl methyl sites for hydroxylation is 1. The highest BCUT2D eigenvalue weighted by atomic mass is 16.4. The van der Waals surface area contributed by atoms with Crippen LogP contribution in [0.1, 0.15) is 18.4 Å². The molecule has 2 atom stereocenters. The summed E-state index contributed by atoms with van der Waals surface area (Å²) in [5.41, 5.74) is 1.01. The Labute approximate surface area is 111 Å². The van der Waals surface area contributed by atoms with Gasteiger partial charge < -0.3 is 15.0 Å². The van der Waals surface area contributed by atoms with E-state index in [0.29, 0.717) is 19.4 Å². The van der Waals surface area contributed by atoms with Gasteiger partial charge in [0.1, 0.15) is 0 Å². The Morgan fingerprint density at radius 2 is 2.05 bits per heavy atom. The number of aromatic nitrogens is 1. The molecule has 5 nitrogen and oxygen atoms in total. The van der Waals surface area contributed by atoms with Crippen molar-refractivity contribution in [2.75, 3.05) is 0 Å². The third-order valence-corrected chi connectivity index (χ3v) is 3.45. The Bertz CT molecular complexity index is 505. The number of carboxylic acid groups (broad SMARTS) is 1. The van der Waals surface area contributed by atoms with E-state index in [4.69, 9.17) is 5.11 Å². The molecule has 2 rings (SSSR count). The molecule has 0 aromatic carbocycles. The number of hydrogen-bond acceptors (Lipinski definition) is 2. The van der Waals surface area contributed by atoms with E-state index in [2.05, 4.69) is 5.32 Å². The summed E-state index contributed by atoms with van der Waals surface area (Å²) >= 11 is 0. The van der Waals surface area contributed by atoms with Gasteiger partial charge in [0.15, 0.2) is 0 Å². The molecule has 0 spiro atoms. The Kier molecular flexibility index (Phi) is 4.04. The van der Waals surface area contributed by atoms with Crippen LogP contribution in [0.4, 0.5) is 0 Å². The molecule has 1 aromatic heterocycles. The zero-order valence-corrected chi connectivity index (χ0v) is 10.9. The molecule has 0 saturated carbocycles. The van der Waals surface area contributed by atoms with E-state index in [-0.39, 0.29) is 5.91 Å². The Balaban J connectivity index is 1.95. The zero-order valence-electron chi connectivity index (χ0n) is 10.9. The number of amides is 1. The second kappa shape index (κ2) is 5.73. The summed E-state index contributed by atoms with van der Waals surface area (Å²) in [6.45, 7) is 0.437. The number of allylic oxidation sites excluding steroid dienone is 2. The van der Waals surface area contributed by atoms with Crippen LogP contribution in [-0.4, -0.2) is 21.6 Å². The molecule has 19 heavy (non-hydrogen) atoms. The molecule has 0 aliphatic heterocycles. The highest BCUT2D eigenvalue weighted by Gasteiger charge is 2.33. The molecule has 5 heteroatoms. The largest absolute Gasteiger partial charge is 0.481 e. The lowest BCUT2D eigenvalue weighted by Crippen LogP contribution is -2.38. The first kappa shape index (κ1) is 13.4. The lowest BCUT2D eigenvalue weighted by molar-refractivity contribution is -0.147. The first-order chi connectivity index (χ1) is 9.08. The average Bonchev–Trinajstić information content (AvgIpc) is 2.81. The number of carboxylic acids is 1. The zero-order chi connectivity index (χ0) is 13.8. The van der Waals surface area contributed by atoms with Gasteiger partial charge in [-0.2, -0.15) is 0 Å². The molecular weight excluding hydrogens is 244 g/mol. The van der Waals surface area contributed by atoms with E-state index in [1.165, 1.54) is 0 Å². The number of carbonyl (C=O) groups excluding carboxylic acids is 1. The predicted molar refractivity (Wildman–Crippen MR) is 70.2 cm³/mol. The van der Waals surface area contributed by atoms with Gasteiger partial charge in [-0.25, -0.2) is 0 Å². The highest BCUT2D eigenvalue weighted by Crippen LogP contribution is 2.26. The molecule has 1 aliphatic carbocycles. The number of aliphatic carboxylic acids is 1. The predicted octanol–water partition coefficient (Wildman–Crippen LogP) is 1.31. The molecule has 102 valence electrons. The summed E-state index contributed by atoms with van der Waals surface area (Å²) < 4.78 is 1.91. The molecular formula is C14H18N2O3. The fraction of sp³-hybridized carbons (Fsp3) is 0.429. The normalized spacial score (nSPS) is 22.2. The van der Waals surface area contributed by atoms with Gasteiger partial charge >= 0.3 is 5.97 Å². The summed E-state index contributed by atoms with van der Waals surface area (Å²) in [6.07, 6.45) is 8.48. The fourth-order valence-corrected chi connectivity index (χ4v) is 2.36. The molecule has 1 heterocycles. The topological polar surface area (TPSA) is 71.3 Å². The molecule has 0 radical (unpaired) electrons. The number of hydrogen-bond donors (Lipinski definition) is 2. The van der Waals surface area contributed by atoms with Crippen LogP contribution in [0, 0.1) is 11.8 Å². The van der Waals surface area contributed by atoms with Crippen molar-refractivity contribution in [1.29, 1.82) is 0 Å². The minimum atomic E-state index is -0.899. The monoisotopic (exact) mass is 262 g/mol. The van der Waals surface area contributed by atoms with Gasteiger partial charge in [-0.15, -0.1) is 0 Å². The minimum absolute atomic E-state index is 0.180. The van der Waals surface area contributed by atoms with E-state index < -0.39 is 17.8 Å². The Morgan fingerprint density at radius 3 is 2.63 bits per heavy atom. The van der Waals surface area contributed by atoms with Crippen LogP contribution < -0.4 is 5.32 Å². The lowest BCUT2D eigenvalue weighted by Gasteiger charge is -2.24. The molecule has 0 unspecified atom stereocenters. The van der Waals surface area contributed by atoms with Crippen LogP contribution in [0.5, 0.6) is 0 Å². The van der Waals surface area contributed by atoms with Crippen LogP contribution in [-0.2, 0) is 23.2 Å². The minimum Gasteiger partial charge on any atom is -0.481 e. The molecule has 0 fully saturated rings. The first-order valence-electron chi connectivity index (χ1n) is 6.34. The van der Waals surface area contributed by atoms with Crippen molar-refractivity contribution in [3.05, 3.63) is 36.2 Å². The van der Waals surface area contributed by atoms with Crippen molar-refractivity contribution >= 4 is 11.9 Å². The maximum atomic E-state index is 12.1. The van der Waals surface area contributed by atoms with Gasteiger partial charge in [0.25, 0.3) is 0 Å². The van der Waals surface area contributed by atoms with Crippen molar-refractivity contribution < 1.29 is 14.7 Å². The van der Waals surface area contributed by atoms with E-state index in [1.54, 1.807) is 0 Å². The van der Waals surface area contributed by atoms with Gasteiger partial charge in [0, 0.05) is 26.0 Å². The summed E-state index contributed by atoms with van der Waals surface area (Å²) in [5, 5.41) is 11.9. The van der Waals surface area contributed by atoms with Crippen LogP contribution >= 0.6 is 0 Å². The average molecular weight is 262 g/mol. The third-order valence-electron chi connectivity index (χ3n) is 3.45. The smallest absolute Gasteiger partial charge is 0.307 e. The lowest BCUT2D eigenvalue weighted by atomic mass is 9.82. The van der Waals surface area contributed by atoms with Gasteiger partial charge in [-0.3, -0.25) is 9.59 Å². The van der Waals surface area contributed by atoms with Crippen LogP contribution in [0.3, 0.4) is 0 Å². The first-order valence-corrected chi connectivity index (χ1v) is 6.34. The van der Waals surface area contributed by atoms with E-state index in [1.807, 2.05) is 42.2 Å². The molecule has 1 aliphatic rings. The van der Waals surface area contributed by atoms with Gasteiger partial charge in [-0.1, -0.05) is 12.2 Å². The maximum Gasteiger partial charge on any atom is 0.307 e. The summed E-state index contributed by atoms with van der Waals surface area (Å²) in [5.74, 6) is -2.16. The number of nitrogens with one attached hydrogen (secondary N) is 1. The Hall–Kier alpha value is -2.04. The number of carbonyl (C=O) groups is 2. The Morgan fingerprint density at radius 1 is 1.37 bits per heavy atom. The van der Waals surface area contributed by atoms with Gasteiger partial charge in [0.05, 0.1) is 11.8 Å². The summed E-state index contributed by atoms with van der Waals surface area (Å²) in [6, 6.07) is 1.93. The standard InChI is InChI=1S/C14H18N2O3/c1-16-7-6-10(9-16)8-15-13(17)11-4-2-3-5-12(11)14(18)19/h2-3,6-7,9,11-12H,4-5,8H2,1H3,(H,15,17)(H,18,19)/t11-,12+/m1/s1. The summed E-state index contributed by atoms with van der Waals surface area (Å²) in [4.78, 5) is 23.2. The molecule has 1 aromatic rings. The van der Waals surface area contributed by atoms with E-state index in [0.717, 1.165) is 5.56 Å². The van der Waals surface area contributed by atoms with Crippen molar-refractivity contribution in [2.45, 2.75) is 19.4 Å². The van der Waals surface area contributed by atoms with E-state index >= 15 is 0 Å². The van der Waals surface area contributed by atoms with Crippen molar-refractivity contribution in [2.24, 2.45) is 18.9 Å². The van der Waals surface area contributed by atoms with E-state index in [9.17, 15) is 9.59 Å². The number of rotatable bonds is 4. The van der Waals surface area contributed by atoms with Crippen LogP contribution in [0.25, 0.3) is 0 Å². The molecule has 0 saturated heterocycles. The van der Waals surface area contributed by atoms with Crippen molar-refractivity contribution in [1.82, 2.24) is 9.88 Å². The second-order valence-corrected chi connectivity index (χ2v) is 4.90. The fourth-order valence-electron chi connectivity index (χ4n) is 2.36. The third kappa shape index (κ3) is 3.24. The van der Waals surface area contributed by atoms with Crippen molar-refractivity contribution in [3.63, 3.8) is 0 Å². The molecule has 2 N–H and O–H groups in total. The van der Waals surface area contributed by atoms with Gasteiger partial charge in [-0.05, 0) is 24.5 Å². The van der Waals surface area contributed by atoms with Crippen LogP contribution in [0.2, 0.25) is 0 Å². The van der Waals surface area contributed by atoms with Crippen LogP contribution in [0.15, 0.2) is 30.6 Å². The summed E-state index contributed by atoms with van der Waals surface area (Å²) in [7, 11) is 1.91.